The van der Waals surface area contributed by atoms with Crippen LogP contribution in [0, 0.1) is 5.92 Å². The molecule has 0 unspecified atom stereocenters. The number of unbranched alkanes of at least 4 members (excludes halogenated alkanes) is 1. The third kappa shape index (κ3) is 8.02. The van der Waals surface area contributed by atoms with E-state index in [2.05, 4.69) is 46.6 Å². The summed E-state index contributed by atoms with van der Waals surface area (Å²) >= 11 is 0. The van der Waals surface area contributed by atoms with Gasteiger partial charge in [-0.05, 0) is 75.9 Å². The van der Waals surface area contributed by atoms with Crippen LogP contribution in [0.2, 0.25) is 0 Å². The van der Waals surface area contributed by atoms with E-state index in [1.807, 2.05) is 0 Å². The van der Waals surface area contributed by atoms with Crippen molar-refractivity contribution in [2.45, 2.75) is 52.5 Å². The zero-order valence-corrected chi connectivity index (χ0v) is 20.5. The van der Waals surface area contributed by atoms with Crippen molar-refractivity contribution in [1.29, 1.82) is 0 Å². The molecule has 0 spiro atoms. The lowest BCUT2D eigenvalue weighted by molar-refractivity contribution is 0.0917. The van der Waals surface area contributed by atoms with Gasteiger partial charge in [-0.1, -0.05) is 13.3 Å². The maximum Gasteiger partial charge on any atom is 0.319 e. The number of carbonyl (C=O) groups excluding carboxylic acids is 2. The van der Waals surface area contributed by atoms with Crippen molar-refractivity contribution in [3.63, 3.8) is 0 Å². The number of hydrogen-bond donors (Lipinski definition) is 3. The number of aromatic nitrogens is 1. The largest absolute Gasteiger partial charge is 0.457 e. The number of benzene rings is 1. The van der Waals surface area contributed by atoms with Gasteiger partial charge in [-0.3, -0.25) is 9.78 Å². The van der Waals surface area contributed by atoms with Crippen LogP contribution < -0.4 is 20.7 Å². The van der Waals surface area contributed by atoms with E-state index < -0.39 is 0 Å². The molecule has 34 heavy (non-hydrogen) atoms. The molecule has 0 aliphatic carbocycles. The van der Waals surface area contributed by atoms with Crippen LogP contribution in [-0.4, -0.2) is 54.0 Å². The molecule has 0 saturated carbocycles. The highest BCUT2D eigenvalue weighted by Gasteiger charge is 2.22. The first-order valence-corrected chi connectivity index (χ1v) is 12.3. The Labute approximate surface area is 202 Å². The van der Waals surface area contributed by atoms with Gasteiger partial charge in [0.25, 0.3) is 5.91 Å². The molecule has 8 nitrogen and oxygen atoms in total. The van der Waals surface area contributed by atoms with Gasteiger partial charge < -0.3 is 25.6 Å². The molecule has 0 bridgehead atoms. The van der Waals surface area contributed by atoms with Gasteiger partial charge in [-0.2, -0.15) is 0 Å². The lowest BCUT2D eigenvalue weighted by Gasteiger charge is -2.35. The molecule has 8 heteroatoms. The second kappa shape index (κ2) is 12.9. The Kier molecular flexibility index (Phi) is 9.70. The van der Waals surface area contributed by atoms with Crippen LogP contribution in [0.15, 0.2) is 42.6 Å². The number of rotatable bonds is 10. The Bertz CT molecular complexity index is 932. The summed E-state index contributed by atoms with van der Waals surface area (Å²) in [7, 11) is 0. The Morgan fingerprint density at radius 1 is 1.15 bits per heavy atom. The highest BCUT2D eigenvalue weighted by Crippen LogP contribution is 2.23. The number of likely N-dealkylation sites (tertiary alicyclic amines) is 1. The van der Waals surface area contributed by atoms with Crippen LogP contribution >= 0.6 is 0 Å². The first-order chi connectivity index (χ1) is 16.4. The highest BCUT2D eigenvalue weighted by molar-refractivity contribution is 5.92. The molecule has 3 rings (SSSR count). The van der Waals surface area contributed by atoms with E-state index in [-0.39, 0.29) is 11.9 Å². The van der Waals surface area contributed by atoms with Crippen molar-refractivity contribution in [3.8, 4) is 11.5 Å². The van der Waals surface area contributed by atoms with Crippen LogP contribution in [0.4, 0.5) is 10.5 Å². The number of nitrogens with zero attached hydrogens (tertiary/aromatic N) is 2. The quantitative estimate of drug-likeness (QED) is 0.442. The predicted molar refractivity (Wildman–Crippen MR) is 134 cm³/mol. The standard InChI is InChI=1S/C26H37N5O3/c1-4-5-13-28-26(33)30-21-8-10-22(11-9-21)34-23-12-14-27-24(16-23)25(32)29-17-20-7-6-15-31(18-20)19(2)3/h8-12,14,16,19-20H,4-7,13,15,17-18H2,1-3H3,(H,29,32)(H2,28,30,33)/t20-/m1/s1. The predicted octanol–water partition coefficient (Wildman–Crippen LogP) is 4.65. The summed E-state index contributed by atoms with van der Waals surface area (Å²) in [5.74, 6) is 1.40. The summed E-state index contributed by atoms with van der Waals surface area (Å²) in [6.07, 6.45) is 5.84. The molecule has 3 amide bonds. The van der Waals surface area contributed by atoms with Gasteiger partial charge >= 0.3 is 6.03 Å². The molecule has 184 valence electrons. The molecule has 0 radical (unpaired) electrons. The van der Waals surface area contributed by atoms with Crippen LogP contribution in [-0.2, 0) is 0 Å². The van der Waals surface area contributed by atoms with Gasteiger partial charge in [-0.15, -0.1) is 0 Å². The Morgan fingerprint density at radius 2 is 1.94 bits per heavy atom. The van der Waals surface area contributed by atoms with Crippen LogP contribution in [0.5, 0.6) is 11.5 Å². The molecule has 1 aromatic carbocycles. The SMILES string of the molecule is CCCCNC(=O)Nc1ccc(Oc2ccnc(C(=O)NC[C@H]3CCCN(C(C)C)C3)c2)cc1. The Hall–Kier alpha value is -3.13. The minimum atomic E-state index is -0.225. The van der Waals surface area contributed by atoms with Crippen molar-refractivity contribution in [2.24, 2.45) is 5.92 Å². The third-order valence-electron chi connectivity index (χ3n) is 5.96. The van der Waals surface area contributed by atoms with E-state index in [1.54, 1.807) is 42.6 Å². The second-order valence-electron chi connectivity index (χ2n) is 9.04. The Balaban J connectivity index is 1.50. The fourth-order valence-electron chi connectivity index (χ4n) is 3.96. The molecule has 2 heterocycles. The molecule has 1 aliphatic heterocycles. The van der Waals surface area contributed by atoms with Gasteiger partial charge in [0, 0.05) is 43.6 Å². The summed E-state index contributed by atoms with van der Waals surface area (Å²) in [5.41, 5.74) is 1.01. The van der Waals surface area contributed by atoms with Crippen LogP contribution in [0.1, 0.15) is 56.9 Å². The number of urea groups is 1. The Morgan fingerprint density at radius 3 is 2.68 bits per heavy atom. The van der Waals surface area contributed by atoms with Gasteiger partial charge in [0.2, 0.25) is 0 Å². The zero-order chi connectivity index (χ0) is 24.3. The smallest absolute Gasteiger partial charge is 0.319 e. The molecule has 3 N–H and O–H groups in total. The highest BCUT2D eigenvalue weighted by atomic mass is 16.5. The van der Waals surface area contributed by atoms with Gasteiger partial charge in [0.05, 0.1) is 0 Å². The van der Waals surface area contributed by atoms with Crippen molar-refractivity contribution in [2.75, 3.05) is 31.5 Å². The van der Waals surface area contributed by atoms with Crippen molar-refractivity contribution < 1.29 is 14.3 Å². The van der Waals surface area contributed by atoms with E-state index in [9.17, 15) is 9.59 Å². The van der Waals surface area contributed by atoms with Gasteiger partial charge in [0.15, 0.2) is 0 Å². The molecule has 1 aliphatic rings. The molecule has 1 aromatic heterocycles. The number of hydrogen-bond acceptors (Lipinski definition) is 5. The number of piperidine rings is 1. The van der Waals surface area contributed by atoms with Crippen molar-refractivity contribution in [3.05, 3.63) is 48.3 Å². The van der Waals surface area contributed by atoms with Gasteiger partial charge in [0.1, 0.15) is 17.2 Å². The number of pyridine rings is 1. The minimum Gasteiger partial charge on any atom is -0.457 e. The average molecular weight is 468 g/mol. The van der Waals surface area contributed by atoms with Gasteiger partial charge in [-0.25, -0.2) is 4.79 Å². The molecule has 1 atom stereocenters. The first-order valence-electron chi connectivity index (χ1n) is 12.3. The summed E-state index contributed by atoms with van der Waals surface area (Å²) < 4.78 is 5.89. The number of anilines is 1. The average Bonchev–Trinajstić information content (AvgIpc) is 2.84. The van der Waals surface area contributed by atoms with Crippen molar-refractivity contribution in [1.82, 2.24) is 20.5 Å². The normalized spacial score (nSPS) is 16.2. The van der Waals surface area contributed by atoms with Crippen molar-refractivity contribution >= 4 is 17.6 Å². The number of ether oxygens (including phenoxy) is 1. The van der Waals surface area contributed by atoms with Crippen LogP contribution in [0.25, 0.3) is 0 Å². The maximum atomic E-state index is 12.7. The summed E-state index contributed by atoms with van der Waals surface area (Å²) in [4.78, 5) is 31.2. The molecule has 2 aromatic rings. The van der Waals surface area contributed by atoms with E-state index in [0.717, 1.165) is 38.8 Å². The molecular weight excluding hydrogens is 430 g/mol. The fourth-order valence-corrected chi connectivity index (χ4v) is 3.96. The molecule has 1 fully saturated rings. The topological polar surface area (TPSA) is 95.6 Å². The lowest BCUT2D eigenvalue weighted by Crippen LogP contribution is -2.43. The lowest BCUT2D eigenvalue weighted by atomic mass is 9.97. The second-order valence-corrected chi connectivity index (χ2v) is 9.04. The number of nitrogens with one attached hydrogen (secondary N) is 3. The fraction of sp³-hybridized carbons (Fsp3) is 0.500. The van der Waals surface area contributed by atoms with E-state index in [1.165, 1.54) is 0 Å². The maximum absolute atomic E-state index is 12.7. The zero-order valence-electron chi connectivity index (χ0n) is 20.5. The summed E-state index contributed by atoms with van der Waals surface area (Å²) in [6, 6.07) is 10.7. The minimum absolute atomic E-state index is 0.194. The van der Waals surface area contributed by atoms with E-state index in [0.29, 0.717) is 47.9 Å². The van der Waals surface area contributed by atoms with E-state index >= 15 is 0 Å². The molecular formula is C26H37N5O3. The number of carbonyl (C=O) groups is 2. The molecule has 1 saturated heterocycles. The third-order valence-corrected chi connectivity index (χ3v) is 5.96. The van der Waals surface area contributed by atoms with E-state index in [4.69, 9.17) is 4.74 Å². The van der Waals surface area contributed by atoms with Crippen LogP contribution in [0.3, 0.4) is 0 Å². The summed E-state index contributed by atoms with van der Waals surface area (Å²) in [6.45, 7) is 9.95. The first kappa shape index (κ1) is 25.5. The monoisotopic (exact) mass is 467 g/mol. The number of amides is 3. The summed E-state index contributed by atoms with van der Waals surface area (Å²) in [5, 5.41) is 8.64.